The summed E-state index contributed by atoms with van der Waals surface area (Å²) in [4.78, 5) is 13.1. The predicted molar refractivity (Wildman–Crippen MR) is 123 cm³/mol. The molecule has 174 valence electrons. The molecule has 33 heavy (non-hydrogen) atoms. The molecule has 0 radical (unpaired) electrons. The van der Waals surface area contributed by atoms with Gasteiger partial charge in [0.05, 0.1) is 33.0 Å². The third kappa shape index (κ3) is 9.75. The number of unbranched alkanes of at least 4 members (excludes halogenated alkanes) is 1. The van der Waals surface area contributed by atoms with Crippen molar-refractivity contribution in [3.05, 3.63) is 82.0 Å². The summed E-state index contributed by atoms with van der Waals surface area (Å²) in [5, 5.41) is 20.2. The highest BCUT2D eigenvalue weighted by atomic mass is 16.5. The molecular weight excluding hydrogens is 424 g/mol. The van der Waals surface area contributed by atoms with Gasteiger partial charge in [0, 0.05) is 17.5 Å². The Hall–Kier alpha value is -4.04. The monoisotopic (exact) mass is 452 g/mol. The Morgan fingerprint density at radius 3 is 2.18 bits per heavy atom. The van der Waals surface area contributed by atoms with E-state index in [2.05, 4.69) is 20.3 Å². The molecule has 0 saturated carbocycles. The number of rotatable bonds is 11. The fraction of sp³-hybridized carbons (Fsp3) is 0.348. The van der Waals surface area contributed by atoms with Crippen LogP contribution in [0.5, 0.6) is 11.5 Å². The number of aryl methyl sites for hydroxylation is 1. The second-order valence-corrected chi connectivity index (χ2v) is 7.09. The number of benzene rings is 2. The van der Waals surface area contributed by atoms with E-state index in [0.717, 1.165) is 41.2 Å². The van der Waals surface area contributed by atoms with Crippen molar-refractivity contribution in [2.24, 2.45) is 5.11 Å². The average molecular weight is 453 g/mol. The highest BCUT2D eigenvalue weighted by Gasteiger charge is 2.03. The summed E-state index contributed by atoms with van der Waals surface area (Å²) in [6.07, 6.45) is 4.36. The summed E-state index contributed by atoms with van der Waals surface area (Å²) in [7, 11) is 3.26. The number of carbonyl (C=O) groups is 1. The van der Waals surface area contributed by atoms with Crippen molar-refractivity contribution < 1.29 is 19.4 Å². The van der Waals surface area contributed by atoms with Crippen LogP contribution in [0.4, 0.5) is 0 Å². The van der Waals surface area contributed by atoms with E-state index in [1.54, 1.807) is 18.9 Å². The molecule has 1 heterocycles. The summed E-state index contributed by atoms with van der Waals surface area (Å²) in [6.45, 7) is 1.05. The number of azide groups is 1. The molecular formula is C23H28N6O4. The minimum Gasteiger partial charge on any atom is -0.497 e. The number of ether oxygens (including phenoxy) is 2. The SMILES string of the molecule is COc1ccc(CN=[N+]=[N-])cc1.COc1ccc(Cn2cc(CCCCC(=O)O)nn2)cc1. The second kappa shape index (κ2) is 14.1. The summed E-state index contributed by atoms with van der Waals surface area (Å²) in [5.41, 5.74) is 11.1. The largest absolute Gasteiger partial charge is 0.497 e. The fourth-order valence-corrected chi connectivity index (χ4v) is 2.87. The van der Waals surface area contributed by atoms with Crippen LogP contribution >= 0.6 is 0 Å². The van der Waals surface area contributed by atoms with Crippen LogP contribution in [0, 0.1) is 0 Å². The van der Waals surface area contributed by atoms with E-state index in [4.69, 9.17) is 20.1 Å². The highest BCUT2D eigenvalue weighted by molar-refractivity contribution is 5.66. The van der Waals surface area contributed by atoms with E-state index < -0.39 is 5.97 Å². The van der Waals surface area contributed by atoms with Gasteiger partial charge in [-0.25, -0.2) is 4.68 Å². The molecule has 10 heteroatoms. The zero-order chi connectivity index (χ0) is 23.9. The van der Waals surface area contributed by atoms with E-state index in [9.17, 15) is 4.79 Å². The molecule has 0 fully saturated rings. The molecule has 0 amide bonds. The molecule has 0 spiro atoms. The molecule has 3 rings (SSSR count). The van der Waals surface area contributed by atoms with Crippen LogP contribution in [0.25, 0.3) is 10.4 Å². The molecule has 0 unspecified atom stereocenters. The molecule has 0 saturated heterocycles. The van der Waals surface area contributed by atoms with Gasteiger partial charge < -0.3 is 14.6 Å². The third-order valence-electron chi connectivity index (χ3n) is 4.64. The van der Waals surface area contributed by atoms with E-state index in [1.807, 2.05) is 54.7 Å². The first kappa shape index (κ1) is 25.2. The van der Waals surface area contributed by atoms with Gasteiger partial charge >= 0.3 is 5.97 Å². The normalized spacial score (nSPS) is 9.88. The van der Waals surface area contributed by atoms with Gasteiger partial charge in [-0.3, -0.25) is 4.79 Å². The van der Waals surface area contributed by atoms with Crippen molar-refractivity contribution in [2.45, 2.75) is 38.8 Å². The molecule has 0 bridgehead atoms. The first-order chi connectivity index (χ1) is 16.0. The summed E-state index contributed by atoms with van der Waals surface area (Å²) in [6, 6.07) is 15.2. The maximum absolute atomic E-state index is 10.4. The molecule has 0 aliphatic heterocycles. The van der Waals surface area contributed by atoms with Gasteiger partial charge in [-0.2, -0.15) is 0 Å². The number of carboxylic acids is 1. The highest BCUT2D eigenvalue weighted by Crippen LogP contribution is 2.13. The Morgan fingerprint density at radius 1 is 1.03 bits per heavy atom. The Balaban J connectivity index is 0.000000273. The fourth-order valence-electron chi connectivity index (χ4n) is 2.87. The lowest BCUT2D eigenvalue weighted by Crippen LogP contribution is -2.00. The lowest BCUT2D eigenvalue weighted by Gasteiger charge is -2.03. The van der Waals surface area contributed by atoms with Crippen LogP contribution in [0.3, 0.4) is 0 Å². The molecule has 0 atom stereocenters. The number of methoxy groups -OCH3 is 2. The molecule has 0 aliphatic carbocycles. The first-order valence-electron chi connectivity index (χ1n) is 10.4. The van der Waals surface area contributed by atoms with Crippen molar-refractivity contribution in [2.75, 3.05) is 14.2 Å². The summed E-state index contributed by atoms with van der Waals surface area (Å²) >= 11 is 0. The van der Waals surface area contributed by atoms with Crippen molar-refractivity contribution in [1.29, 1.82) is 0 Å². The standard InChI is InChI=1S/C15H19N3O3.C8H9N3O/c1-21-14-8-6-12(7-9-14)10-18-11-13(16-17-18)4-2-3-5-15(19)20;1-12-8-4-2-7(3-5-8)6-10-11-9/h6-9,11H,2-5,10H2,1H3,(H,19,20);2-5H,6H2,1H3. The van der Waals surface area contributed by atoms with Gasteiger partial charge in [0.2, 0.25) is 0 Å². The maximum atomic E-state index is 10.4. The van der Waals surface area contributed by atoms with E-state index >= 15 is 0 Å². The van der Waals surface area contributed by atoms with Crippen molar-refractivity contribution in [3.8, 4) is 11.5 Å². The summed E-state index contributed by atoms with van der Waals surface area (Å²) < 4.78 is 11.9. The first-order valence-corrected chi connectivity index (χ1v) is 10.4. The van der Waals surface area contributed by atoms with Gasteiger partial charge in [0.15, 0.2) is 0 Å². The molecule has 1 aromatic heterocycles. The number of aliphatic carboxylic acids is 1. The van der Waals surface area contributed by atoms with Crippen LogP contribution in [-0.4, -0.2) is 40.3 Å². The van der Waals surface area contributed by atoms with Gasteiger partial charge in [-0.05, 0) is 60.2 Å². The number of aromatic nitrogens is 3. The smallest absolute Gasteiger partial charge is 0.303 e. The van der Waals surface area contributed by atoms with Gasteiger partial charge in [-0.1, -0.05) is 34.6 Å². The number of carboxylic acid groups (broad SMARTS) is 1. The Labute approximate surface area is 192 Å². The van der Waals surface area contributed by atoms with Gasteiger partial charge in [0.1, 0.15) is 11.5 Å². The van der Waals surface area contributed by atoms with Crippen LogP contribution in [0.15, 0.2) is 59.8 Å². The van der Waals surface area contributed by atoms with Crippen molar-refractivity contribution >= 4 is 5.97 Å². The minimum atomic E-state index is -0.752. The summed E-state index contributed by atoms with van der Waals surface area (Å²) in [5.74, 6) is 0.884. The van der Waals surface area contributed by atoms with Crippen LogP contribution < -0.4 is 9.47 Å². The van der Waals surface area contributed by atoms with Gasteiger partial charge in [-0.15, -0.1) is 5.10 Å². The van der Waals surface area contributed by atoms with Crippen LogP contribution in [0.1, 0.15) is 36.1 Å². The Morgan fingerprint density at radius 2 is 1.64 bits per heavy atom. The van der Waals surface area contributed by atoms with E-state index in [1.165, 1.54) is 0 Å². The lowest BCUT2D eigenvalue weighted by molar-refractivity contribution is -0.137. The molecule has 2 aromatic carbocycles. The number of hydrogen-bond donors (Lipinski definition) is 1. The maximum Gasteiger partial charge on any atom is 0.303 e. The van der Waals surface area contributed by atoms with Crippen molar-refractivity contribution in [3.63, 3.8) is 0 Å². The molecule has 0 aliphatic rings. The third-order valence-corrected chi connectivity index (χ3v) is 4.64. The zero-order valence-electron chi connectivity index (χ0n) is 18.8. The Bertz CT molecular complexity index is 1030. The minimum absolute atomic E-state index is 0.208. The molecule has 3 aromatic rings. The quantitative estimate of drug-likeness (QED) is 0.195. The molecule has 10 nitrogen and oxygen atoms in total. The number of nitrogens with zero attached hydrogens (tertiary/aromatic N) is 6. The van der Waals surface area contributed by atoms with Crippen LogP contribution in [0.2, 0.25) is 0 Å². The predicted octanol–water partition coefficient (Wildman–Crippen LogP) is 4.64. The zero-order valence-corrected chi connectivity index (χ0v) is 18.8. The van der Waals surface area contributed by atoms with Crippen LogP contribution in [-0.2, 0) is 24.3 Å². The Kier molecular flexibility index (Phi) is 10.8. The average Bonchev–Trinajstić information content (AvgIpc) is 3.28. The number of hydrogen-bond acceptors (Lipinski definition) is 6. The van der Waals surface area contributed by atoms with E-state index in [0.29, 0.717) is 19.5 Å². The van der Waals surface area contributed by atoms with Crippen molar-refractivity contribution in [1.82, 2.24) is 15.0 Å². The van der Waals surface area contributed by atoms with Gasteiger partial charge in [0.25, 0.3) is 0 Å². The topological polar surface area (TPSA) is 135 Å². The molecule has 1 N–H and O–H groups in total. The van der Waals surface area contributed by atoms with E-state index in [-0.39, 0.29) is 6.42 Å². The lowest BCUT2D eigenvalue weighted by atomic mass is 10.1. The second-order valence-electron chi connectivity index (χ2n) is 7.09.